The summed E-state index contributed by atoms with van der Waals surface area (Å²) in [7, 11) is 0. The molecule has 1 amide bonds. The molecule has 1 saturated heterocycles. The zero-order valence-corrected chi connectivity index (χ0v) is 15.4. The van der Waals surface area contributed by atoms with E-state index in [1.54, 1.807) is 6.07 Å². The molecule has 144 valence electrons. The van der Waals surface area contributed by atoms with Crippen molar-refractivity contribution in [2.24, 2.45) is 5.92 Å². The van der Waals surface area contributed by atoms with Crippen molar-refractivity contribution in [3.8, 4) is 17.2 Å². The van der Waals surface area contributed by atoms with Gasteiger partial charge in [0.05, 0.1) is 23.3 Å². The average molecular weight is 379 g/mol. The van der Waals surface area contributed by atoms with Gasteiger partial charge in [0.1, 0.15) is 12.2 Å². The Kier molecular flexibility index (Phi) is 5.01. The van der Waals surface area contributed by atoms with Crippen LogP contribution in [0.1, 0.15) is 24.8 Å². The van der Waals surface area contributed by atoms with Crippen molar-refractivity contribution in [3.05, 3.63) is 48.0 Å². The summed E-state index contributed by atoms with van der Waals surface area (Å²) in [6.07, 6.45) is 0.420. The van der Waals surface area contributed by atoms with Crippen molar-refractivity contribution < 1.29 is 14.3 Å². The second kappa shape index (κ2) is 7.61. The fourth-order valence-corrected chi connectivity index (χ4v) is 3.63. The molecule has 0 aromatic heterocycles. The summed E-state index contributed by atoms with van der Waals surface area (Å²) in [5.74, 6) is -0.818. The minimum Gasteiger partial charge on any atom is -0.393 e. The number of alkyl halides is 1. The molecular formula is C22H22FN3O2. The Bertz CT molecular complexity index is 932. The molecule has 2 aliphatic rings. The highest BCUT2D eigenvalue weighted by atomic mass is 19.1. The molecule has 2 atom stereocenters. The third kappa shape index (κ3) is 3.85. The molecule has 0 bridgehead atoms. The number of benzene rings is 2. The maximum absolute atomic E-state index is 13.1. The van der Waals surface area contributed by atoms with Gasteiger partial charge in [0.15, 0.2) is 0 Å². The number of nitrogens with zero attached hydrogens (tertiary/aromatic N) is 2. The highest BCUT2D eigenvalue weighted by Gasteiger charge is 2.43. The van der Waals surface area contributed by atoms with Gasteiger partial charge < -0.3 is 15.3 Å². The molecule has 1 aliphatic heterocycles. The molecule has 2 fully saturated rings. The van der Waals surface area contributed by atoms with Gasteiger partial charge in [-0.05, 0) is 54.7 Å². The summed E-state index contributed by atoms with van der Waals surface area (Å²) in [5.41, 5.74) is 3.84. The first-order chi connectivity index (χ1) is 13.5. The first-order valence-corrected chi connectivity index (χ1v) is 9.57. The largest absolute Gasteiger partial charge is 0.393 e. The molecule has 2 aromatic carbocycles. The zero-order chi connectivity index (χ0) is 19.7. The van der Waals surface area contributed by atoms with Gasteiger partial charge in [-0.1, -0.05) is 18.2 Å². The Morgan fingerprint density at radius 2 is 1.89 bits per heavy atom. The van der Waals surface area contributed by atoms with E-state index in [1.165, 1.54) is 0 Å². The Morgan fingerprint density at radius 3 is 2.57 bits per heavy atom. The van der Waals surface area contributed by atoms with E-state index in [-0.39, 0.29) is 12.0 Å². The van der Waals surface area contributed by atoms with Crippen LogP contribution in [0.2, 0.25) is 0 Å². The van der Waals surface area contributed by atoms with Gasteiger partial charge in [-0.2, -0.15) is 5.26 Å². The number of rotatable bonds is 4. The average Bonchev–Trinajstić information content (AvgIpc) is 3.45. The first kappa shape index (κ1) is 18.5. The van der Waals surface area contributed by atoms with Crippen molar-refractivity contribution in [2.45, 2.75) is 31.5 Å². The van der Waals surface area contributed by atoms with Gasteiger partial charge in [-0.25, -0.2) is 4.39 Å². The minimum atomic E-state index is -1.02. The molecule has 5 nitrogen and oxygen atoms in total. The number of piperidine rings is 1. The summed E-state index contributed by atoms with van der Waals surface area (Å²) >= 11 is 0. The van der Waals surface area contributed by atoms with E-state index in [1.807, 2.05) is 36.4 Å². The molecule has 6 heteroatoms. The third-order valence-corrected chi connectivity index (χ3v) is 5.43. The van der Waals surface area contributed by atoms with E-state index < -0.39 is 12.1 Å². The van der Waals surface area contributed by atoms with Crippen LogP contribution < -0.4 is 10.2 Å². The van der Waals surface area contributed by atoms with E-state index in [2.05, 4.69) is 16.3 Å². The van der Waals surface area contributed by atoms with Crippen molar-refractivity contribution in [3.63, 3.8) is 0 Å². The van der Waals surface area contributed by atoms with Gasteiger partial charge in [0.25, 0.3) is 0 Å². The number of aliphatic hydroxyl groups is 1. The number of aliphatic hydroxyl groups excluding tert-OH is 1. The van der Waals surface area contributed by atoms with Crippen LogP contribution in [-0.2, 0) is 4.79 Å². The number of nitrogens with one attached hydrogen (secondary N) is 1. The number of anilines is 2. The van der Waals surface area contributed by atoms with Crippen LogP contribution >= 0.6 is 0 Å². The standard InChI is InChI=1S/C22H22FN3O2/c23-20-12-19(20)22(28)25-17-3-1-2-14(11-17)15-4-5-21(16(10-15)13-24)26-8-6-18(27)7-9-26/h1-5,10-11,18-20,27H,6-9,12H2,(H,25,28)/t19?,20-/m1/s1. The van der Waals surface area contributed by atoms with Crippen molar-refractivity contribution >= 4 is 17.3 Å². The van der Waals surface area contributed by atoms with Crippen LogP contribution in [-0.4, -0.2) is 36.4 Å². The second-order valence-corrected chi connectivity index (χ2v) is 7.49. The number of hydrogen-bond donors (Lipinski definition) is 2. The number of nitriles is 1. The lowest BCUT2D eigenvalue weighted by Crippen LogP contribution is -2.36. The molecule has 0 radical (unpaired) electrons. The Labute approximate surface area is 163 Å². The van der Waals surface area contributed by atoms with E-state index in [0.717, 1.165) is 29.9 Å². The maximum atomic E-state index is 13.1. The van der Waals surface area contributed by atoms with Gasteiger partial charge in [-0.15, -0.1) is 0 Å². The van der Waals surface area contributed by atoms with Crippen molar-refractivity contribution in [2.75, 3.05) is 23.3 Å². The highest BCUT2D eigenvalue weighted by Crippen LogP contribution is 2.35. The molecule has 0 spiro atoms. The molecule has 1 heterocycles. The minimum absolute atomic E-state index is 0.262. The molecule has 1 saturated carbocycles. The quantitative estimate of drug-likeness (QED) is 0.853. The highest BCUT2D eigenvalue weighted by molar-refractivity contribution is 5.95. The number of hydrogen-bond acceptors (Lipinski definition) is 4. The number of amides is 1. The number of halogens is 1. The van der Waals surface area contributed by atoms with Gasteiger partial charge in [0.2, 0.25) is 5.91 Å². The van der Waals surface area contributed by atoms with Gasteiger partial charge >= 0.3 is 0 Å². The maximum Gasteiger partial charge on any atom is 0.230 e. The van der Waals surface area contributed by atoms with Crippen LogP contribution in [0.25, 0.3) is 11.1 Å². The van der Waals surface area contributed by atoms with Crippen molar-refractivity contribution in [1.29, 1.82) is 5.26 Å². The van der Waals surface area contributed by atoms with Crippen molar-refractivity contribution in [1.82, 2.24) is 0 Å². The van der Waals surface area contributed by atoms with Crippen LogP contribution in [0.5, 0.6) is 0 Å². The predicted molar refractivity (Wildman–Crippen MR) is 106 cm³/mol. The summed E-state index contributed by atoms with van der Waals surface area (Å²) in [6.45, 7) is 1.46. The summed E-state index contributed by atoms with van der Waals surface area (Å²) < 4.78 is 13.1. The Balaban J connectivity index is 1.55. The smallest absolute Gasteiger partial charge is 0.230 e. The predicted octanol–water partition coefficient (Wildman–Crippen LogP) is 3.48. The molecule has 4 rings (SSSR count). The summed E-state index contributed by atoms with van der Waals surface area (Å²) in [4.78, 5) is 14.1. The topological polar surface area (TPSA) is 76.4 Å². The Hall–Kier alpha value is -2.91. The van der Waals surface area contributed by atoms with Crippen LogP contribution in [0, 0.1) is 17.2 Å². The van der Waals surface area contributed by atoms with Gasteiger partial charge in [-0.3, -0.25) is 4.79 Å². The lowest BCUT2D eigenvalue weighted by atomic mass is 10.00. The van der Waals surface area contributed by atoms with Gasteiger partial charge in [0, 0.05) is 18.8 Å². The monoisotopic (exact) mass is 379 g/mol. The summed E-state index contributed by atoms with van der Waals surface area (Å²) in [6, 6.07) is 15.4. The molecule has 1 unspecified atom stereocenters. The van der Waals surface area contributed by atoms with E-state index in [9.17, 15) is 19.6 Å². The lowest BCUT2D eigenvalue weighted by molar-refractivity contribution is -0.117. The number of carbonyl (C=O) groups is 1. The fraction of sp³-hybridized carbons (Fsp3) is 0.364. The second-order valence-electron chi connectivity index (χ2n) is 7.49. The first-order valence-electron chi connectivity index (χ1n) is 9.57. The summed E-state index contributed by atoms with van der Waals surface area (Å²) in [5, 5.41) is 22.1. The van der Waals surface area contributed by atoms with E-state index >= 15 is 0 Å². The SMILES string of the molecule is N#Cc1cc(-c2cccc(NC(=O)C3C[C@H]3F)c2)ccc1N1CCC(O)CC1. The molecule has 1 aliphatic carbocycles. The lowest BCUT2D eigenvalue weighted by Gasteiger charge is -2.32. The number of carbonyl (C=O) groups excluding carboxylic acids is 1. The molecular weight excluding hydrogens is 357 g/mol. The normalized spacial score (nSPS) is 21.8. The van der Waals surface area contributed by atoms with E-state index in [0.29, 0.717) is 30.5 Å². The Morgan fingerprint density at radius 1 is 1.18 bits per heavy atom. The zero-order valence-electron chi connectivity index (χ0n) is 15.4. The van der Waals surface area contributed by atoms with Crippen LogP contribution in [0.15, 0.2) is 42.5 Å². The third-order valence-electron chi connectivity index (χ3n) is 5.43. The van der Waals surface area contributed by atoms with Crippen LogP contribution in [0.4, 0.5) is 15.8 Å². The fourth-order valence-electron chi connectivity index (χ4n) is 3.63. The molecule has 2 aromatic rings. The molecule has 2 N–H and O–H groups in total. The molecule has 28 heavy (non-hydrogen) atoms. The van der Waals surface area contributed by atoms with Crippen LogP contribution in [0.3, 0.4) is 0 Å². The van der Waals surface area contributed by atoms with E-state index in [4.69, 9.17) is 0 Å².